The first-order chi connectivity index (χ1) is 15.2. The van der Waals surface area contributed by atoms with Crippen molar-refractivity contribution in [3.8, 4) is 11.5 Å². The van der Waals surface area contributed by atoms with E-state index in [9.17, 15) is 4.79 Å². The molecule has 0 spiro atoms. The number of amides is 1. The van der Waals surface area contributed by atoms with Gasteiger partial charge in [-0.15, -0.1) is 0 Å². The lowest BCUT2D eigenvalue weighted by molar-refractivity contribution is -0.141. The Morgan fingerprint density at radius 3 is 2.77 bits per heavy atom. The fourth-order valence-corrected chi connectivity index (χ4v) is 4.97. The summed E-state index contributed by atoms with van der Waals surface area (Å²) in [6.45, 7) is 4.32. The summed E-state index contributed by atoms with van der Waals surface area (Å²) in [4.78, 5) is 19.5. The number of piperidine rings is 1. The summed E-state index contributed by atoms with van der Waals surface area (Å²) < 4.78 is 13.0. The molecule has 4 heterocycles. The van der Waals surface area contributed by atoms with Gasteiger partial charge in [-0.05, 0) is 44.7 Å². The van der Waals surface area contributed by atoms with Crippen LogP contribution in [0.3, 0.4) is 0 Å². The molecule has 3 fully saturated rings. The predicted octanol–water partition coefficient (Wildman–Crippen LogP) is 3.55. The van der Waals surface area contributed by atoms with Crippen molar-refractivity contribution in [1.29, 1.82) is 0 Å². The second-order valence-electron chi connectivity index (χ2n) is 9.24. The maximum atomic E-state index is 12.7. The molecule has 2 saturated heterocycles. The zero-order valence-corrected chi connectivity index (χ0v) is 17.7. The molecule has 3 aromatic rings. The molecular formula is C23H27N5O3. The van der Waals surface area contributed by atoms with E-state index in [4.69, 9.17) is 14.2 Å². The van der Waals surface area contributed by atoms with Crippen LogP contribution in [-0.4, -0.2) is 56.5 Å². The van der Waals surface area contributed by atoms with E-state index < -0.39 is 0 Å². The number of fused-ring (bicyclic) bond motifs is 1. The molecule has 1 amide bonds. The van der Waals surface area contributed by atoms with E-state index in [-0.39, 0.29) is 17.9 Å². The molecule has 31 heavy (non-hydrogen) atoms. The van der Waals surface area contributed by atoms with Gasteiger partial charge in [-0.2, -0.15) is 10.1 Å². The highest BCUT2D eigenvalue weighted by molar-refractivity contribution is 5.83. The Labute approximate surface area is 180 Å². The number of nitrogens with zero attached hydrogens (tertiary/aromatic N) is 5. The molecule has 8 nitrogen and oxygen atoms in total. The maximum Gasteiger partial charge on any atom is 0.258 e. The monoisotopic (exact) mass is 421 g/mol. The molecule has 162 valence electrons. The molecular weight excluding hydrogens is 394 g/mol. The first-order valence-electron chi connectivity index (χ1n) is 11.4. The average Bonchev–Trinajstić information content (AvgIpc) is 3.33. The van der Waals surface area contributed by atoms with Gasteiger partial charge in [0.05, 0.1) is 31.0 Å². The van der Waals surface area contributed by atoms with Crippen molar-refractivity contribution < 1.29 is 14.1 Å². The molecule has 0 radical (unpaired) electrons. The molecule has 0 N–H and O–H groups in total. The Hall–Kier alpha value is -2.74. The van der Waals surface area contributed by atoms with Crippen molar-refractivity contribution in [3.63, 3.8) is 0 Å². The van der Waals surface area contributed by atoms with E-state index >= 15 is 0 Å². The van der Waals surface area contributed by atoms with Crippen molar-refractivity contribution in [2.45, 2.75) is 57.0 Å². The third-order valence-electron chi connectivity index (χ3n) is 7.23. The molecule has 0 unspecified atom stereocenters. The zero-order chi connectivity index (χ0) is 20.9. The van der Waals surface area contributed by atoms with Gasteiger partial charge in [0.15, 0.2) is 5.82 Å². The minimum Gasteiger partial charge on any atom is -0.377 e. The lowest BCUT2D eigenvalue weighted by atomic mass is 9.82. The highest BCUT2D eigenvalue weighted by atomic mass is 16.5. The highest BCUT2D eigenvalue weighted by Crippen LogP contribution is 2.35. The number of ether oxygens (including phenoxy) is 1. The van der Waals surface area contributed by atoms with Gasteiger partial charge in [-0.3, -0.25) is 9.48 Å². The number of hydrogen-bond donors (Lipinski definition) is 0. The van der Waals surface area contributed by atoms with Crippen LogP contribution >= 0.6 is 0 Å². The van der Waals surface area contributed by atoms with Crippen molar-refractivity contribution in [2.24, 2.45) is 5.92 Å². The largest absolute Gasteiger partial charge is 0.377 e. The molecule has 2 aliphatic heterocycles. The Morgan fingerprint density at radius 2 is 2.06 bits per heavy atom. The van der Waals surface area contributed by atoms with Crippen LogP contribution in [0.25, 0.3) is 22.4 Å². The Kier molecular flexibility index (Phi) is 4.56. The van der Waals surface area contributed by atoms with Crippen LogP contribution in [0, 0.1) is 5.92 Å². The van der Waals surface area contributed by atoms with Crippen LogP contribution in [0.1, 0.15) is 56.8 Å². The molecule has 0 bridgehead atoms. The van der Waals surface area contributed by atoms with E-state index in [1.165, 1.54) is 6.42 Å². The molecule has 3 aliphatic rings. The summed E-state index contributed by atoms with van der Waals surface area (Å²) >= 11 is 0. The van der Waals surface area contributed by atoms with Crippen LogP contribution < -0.4 is 0 Å². The summed E-state index contributed by atoms with van der Waals surface area (Å²) in [7, 11) is 0. The molecule has 1 aromatic carbocycles. The minimum atomic E-state index is 0.212. The minimum absolute atomic E-state index is 0.212. The summed E-state index contributed by atoms with van der Waals surface area (Å²) in [5.41, 5.74) is 1.96. The lowest BCUT2D eigenvalue weighted by Crippen LogP contribution is -2.48. The second-order valence-corrected chi connectivity index (χ2v) is 9.24. The number of likely N-dealkylation sites (tertiary alicyclic amines) is 1. The van der Waals surface area contributed by atoms with E-state index in [2.05, 4.69) is 28.1 Å². The summed E-state index contributed by atoms with van der Waals surface area (Å²) in [5.74, 6) is 2.10. The number of hydrogen-bond acceptors (Lipinski definition) is 6. The van der Waals surface area contributed by atoms with Crippen molar-refractivity contribution >= 4 is 16.8 Å². The lowest BCUT2D eigenvalue weighted by Gasteiger charge is -2.40. The third-order valence-corrected chi connectivity index (χ3v) is 7.23. The van der Waals surface area contributed by atoms with Gasteiger partial charge in [0.2, 0.25) is 5.91 Å². The van der Waals surface area contributed by atoms with E-state index in [0.29, 0.717) is 31.1 Å². The van der Waals surface area contributed by atoms with Crippen LogP contribution in [0.2, 0.25) is 0 Å². The highest BCUT2D eigenvalue weighted by Gasteiger charge is 2.36. The molecule has 8 heteroatoms. The van der Waals surface area contributed by atoms with E-state index in [0.717, 1.165) is 54.5 Å². The van der Waals surface area contributed by atoms with Gasteiger partial charge in [-0.1, -0.05) is 17.6 Å². The van der Waals surface area contributed by atoms with Crippen molar-refractivity contribution in [1.82, 2.24) is 24.8 Å². The normalized spacial score (nSPS) is 24.9. The molecule has 2 aromatic heterocycles. The quantitative estimate of drug-likeness (QED) is 0.640. The Morgan fingerprint density at radius 1 is 1.19 bits per heavy atom. The summed E-state index contributed by atoms with van der Waals surface area (Å²) in [6, 6.07) is 6.63. The first kappa shape index (κ1) is 19.0. The van der Waals surface area contributed by atoms with Crippen LogP contribution in [-0.2, 0) is 9.53 Å². The van der Waals surface area contributed by atoms with Crippen molar-refractivity contribution in [2.75, 3.05) is 19.8 Å². The van der Waals surface area contributed by atoms with Gasteiger partial charge < -0.3 is 14.2 Å². The van der Waals surface area contributed by atoms with E-state index in [1.54, 1.807) is 0 Å². The standard InChI is InChI=1S/C23H27N5O3/c1-14-9-16(7-8-27(14)23(29)15-3-2-4-15)21-25-22(31-26-21)17-5-6-18-11-24-28(20(18)10-17)19-12-30-13-19/h5-6,10-11,14-16,19H,2-4,7-9,12-13H2,1H3/t14-,16+/m1/s1. The van der Waals surface area contributed by atoms with Crippen LogP contribution in [0.4, 0.5) is 0 Å². The van der Waals surface area contributed by atoms with Gasteiger partial charge in [0.1, 0.15) is 0 Å². The topological polar surface area (TPSA) is 86.3 Å². The van der Waals surface area contributed by atoms with Crippen LogP contribution in [0.15, 0.2) is 28.9 Å². The first-order valence-corrected chi connectivity index (χ1v) is 11.4. The van der Waals surface area contributed by atoms with Gasteiger partial charge in [0.25, 0.3) is 5.89 Å². The fourth-order valence-electron chi connectivity index (χ4n) is 4.97. The Bertz CT molecular complexity index is 1110. The number of carbonyl (C=O) groups is 1. The second kappa shape index (κ2) is 7.44. The van der Waals surface area contributed by atoms with Crippen LogP contribution in [0.5, 0.6) is 0 Å². The van der Waals surface area contributed by atoms with Gasteiger partial charge in [-0.25, -0.2) is 0 Å². The molecule has 1 saturated carbocycles. The number of aromatic nitrogens is 4. The molecule has 1 aliphatic carbocycles. The molecule has 2 atom stereocenters. The SMILES string of the molecule is C[C@@H]1C[C@@H](c2noc(-c3ccc4cnn(C5COC5)c4c3)n2)CCN1C(=O)C1CCC1. The van der Waals surface area contributed by atoms with E-state index in [1.807, 2.05) is 23.0 Å². The van der Waals surface area contributed by atoms with Crippen molar-refractivity contribution in [3.05, 3.63) is 30.2 Å². The third kappa shape index (κ3) is 3.24. The maximum absolute atomic E-state index is 12.7. The predicted molar refractivity (Wildman–Crippen MR) is 113 cm³/mol. The smallest absolute Gasteiger partial charge is 0.258 e. The number of carbonyl (C=O) groups excluding carboxylic acids is 1. The fraction of sp³-hybridized carbons (Fsp3) is 0.565. The molecule has 6 rings (SSSR count). The number of rotatable bonds is 4. The average molecular weight is 422 g/mol. The van der Waals surface area contributed by atoms with Gasteiger partial charge >= 0.3 is 0 Å². The number of benzene rings is 1. The Balaban J connectivity index is 1.19. The zero-order valence-electron chi connectivity index (χ0n) is 17.7. The van der Waals surface area contributed by atoms with Gasteiger partial charge in [0, 0.05) is 35.4 Å². The summed E-state index contributed by atoms with van der Waals surface area (Å²) in [5, 5.41) is 9.91. The summed E-state index contributed by atoms with van der Waals surface area (Å²) in [6.07, 6.45) is 6.94.